The summed E-state index contributed by atoms with van der Waals surface area (Å²) in [6.45, 7) is 9.35. The Balaban J connectivity index is 2.55. The lowest BCUT2D eigenvalue weighted by Gasteiger charge is -2.36. The molecule has 1 aliphatic rings. The van der Waals surface area contributed by atoms with E-state index in [1.54, 1.807) is 4.90 Å². The normalized spacial score (nSPS) is 22.7. The lowest BCUT2D eigenvalue weighted by atomic mass is 10.1. The van der Waals surface area contributed by atoms with Gasteiger partial charge in [0.15, 0.2) is 0 Å². The molecule has 1 amide bonds. The zero-order valence-corrected chi connectivity index (χ0v) is 11.9. The zero-order chi connectivity index (χ0) is 13.8. The molecule has 1 fully saturated rings. The summed E-state index contributed by atoms with van der Waals surface area (Å²) in [5.41, 5.74) is 5.30. The molecule has 1 heterocycles. The van der Waals surface area contributed by atoms with Crippen molar-refractivity contribution in [3.63, 3.8) is 0 Å². The third-order valence-electron chi connectivity index (χ3n) is 2.81. The molecular formula is C13H26N2O3. The molecule has 106 valence electrons. The fraction of sp³-hybridized carbons (Fsp3) is 0.923. The van der Waals surface area contributed by atoms with Gasteiger partial charge in [-0.15, -0.1) is 0 Å². The fourth-order valence-electron chi connectivity index (χ4n) is 1.91. The average molecular weight is 258 g/mol. The van der Waals surface area contributed by atoms with Gasteiger partial charge in [-0.05, 0) is 40.5 Å². The number of nitrogens with zero attached hydrogens (tertiary/aromatic N) is 1. The van der Waals surface area contributed by atoms with Crippen LogP contribution in [-0.4, -0.2) is 48.4 Å². The highest BCUT2D eigenvalue weighted by atomic mass is 16.6. The van der Waals surface area contributed by atoms with Crippen LogP contribution in [0.25, 0.3) is 0 Å². The maximum Gasteiger partial charge on any atom is 0.410 e. The van der Waals surface area contributed by atoms with Crippen LogP contribution >= 0.6 is 0 Å². The zero-order valence-electron chi connectivity index (χ0n) is 11.9. The van der Waals surface area contributed by atoms with Crippen LogP contribution in [0, 0.1) is 0 Å². The van der Waals surface area contributed by atoms with Crippen molar-refractivity contribution in [3.8, 4) is 0 Å². The number of hydrogen-bond donors (Lipinski definition) is 1. The first-order valence-electron chi connectivity index (χ1n) is 6.62. The lowest BCUT2D eigenvalue weighted by Crippen LogP contribution is -2.50. The maximum absolute atomic E-state index is 12.1. The monoisotopic (exact) mass is 258 g/mol. The van der Waals surface area contributed by atoms with Gasteiger partial charge in [0.05, 0.1) is 19.3 Å². The number of ether oxygens (including phenoxy) is 2. The Morgan fingerprint density at radius 2 is 2.22 bits per heavy atom. The van der Waals surface area contributed by atoms with Gasteiger partial charge in [-0.3, -0.25) is 0 Å². The van der Waals surface area contributed by atoms with E-state index in [9.17, 15) is 4.79 Å². The first-order chi connectivity index (χ1) is 8.29. The highest BCUT2D eigenvalue weighted by Gasteiger charge is 2.30. The predicted octanol–water partition coefficient (Wildman–Crippen LogP) is 1.75. The van der Waals surface area contributed by atoms with Gasteiger partial charge < -0.3 is 20.1 Å². The van der Waals surface area contributed by atoms with Crippen LogP contribution in [0.3, 0.4) is 0 Å². The van der Waals surface area contributed by atoms with Crippen molar-refractivity contribution in [1.82, 2.24) is 4.90 Å². The van der Waals surface area contributed by atoms with E-state index in [0.717, 1.165) is 12.8 Å². The van der Waals surface area contributed by atoms with Crippen molar-refractivity contribution in [1.29, 1.82) is 0 Å². The molecule has 2 atom stereocenters. The minimum atomic E-state index is -0.457. The largest absolute Gasteiger partial charge is 0.444 e. The van der Waals surface area contributed by atoms with Gasteiger partial charge in [-0.2, -0.15) is 0 Å². The first-order valence-corrected chi connectivity index (χ1v) is 6.62. The molecule has 1 aliphatic heterocycles. The molecule has 0 bridgehead atoms. The Hall–Kier alpha value is -0.810. The fourth-order valence-corrected chi connectivity index (χ4v) is 1.91. The Morgan fingerprint density at radius 3 is 2.78 bits per heavy atom. The molecule has 0 radical (unpaired) electrons. The number of carbonyl (C=O) groups is 1. The van der Waals surface area contributed by atoms with Crippen LogP contribution in [0.4, 0.5) is 4.79 Å². The maximum atomic E-state index is 12.1. The number of nitrogens with two attached hydrogens (primary N) is 1. The van der Waals surface area contributed by atoms with Crippen molar-refractivity contribution in [3.05, 3.63) is 0 Å². The van der Waals surface area contributed by atoms with Crippen LogP contribution in [0.1, 0.15) is 40.5 Å². The molecule has 0 aromatic rings. The van der Waals surface area contributed by atoms with Gasteiger partial charge in [0.25, 0.3) is 0 Å². The van der Waals surface area contributed by atoms with Crippen LogP contribution < -0.4 is 5.73 Å². The van der Waals surface area contributed by atoms with Crippen molar-refractivity contribution in [2.45, 2.75) is 58.2 Å². The second-order valence-electron chi connectivity index (χ2n) is 5.96. The van der Waals surface area contributed by atoms with Crippen LogP contribution in [-0.2, 0) is 9.47 Å². The van der Waals surface area contributed by atoms with E-state index in [4.69, 9.17) is 15.2 Å². The Bertz CT molecular complexity index is 274. The van der Waals surface area contributed by atoms with Crippen molar-refractivity contribution in [2.24, 2.45) is 5.73 Å². The molecule has 1 rings (SSSR count). The number of hydrogen-bond acceptors (Lipinski definition) is 4. The molecule has 5 heteroatoms. The smallest absolute Gasteiger partial charge is 0.410 e. The summed E-state index contributed by atoms with van der Waals surface area (Å²) >= 11 is 0. The number of amides is 1. The number of morpholine rings is 1. The van der Waals surface area contributed by atoms with Crippen LogP contribution in [0.5, 0.6) is 0 Å². The summed E-state index contributed by atoms with van der Waals surface area (Å²) in [6.07, 6.45) is 1.49. The third kappa shape index (κ3) is 5.23. The molecule has 18 heavy (non-hydrogen) atoms. The lowest BCUT2D eigenvalue weighted by molar-refractivity contribution is -0.0345. The molecule has 0 aromatic heterocycles. The van der Waals surface area contributed by atoms with Crippen molar-refractivity contribution < 1.29 is 14.3 Å². The van der Waals surface area contributed by atoms with Gasteiger partial charge in [-0.1, -0.05) is 0 Å². The molecule has 0 aliphatic carbocycles. The molecule has 0 spiro atoms. The predicted molar refractivity (Wildman–Crippen MR) is 70.4 cm³/mol. The molecule has 2 N–H and O–H groups in total. The van der Waals surface area contributed by atoms with E-state index < -0.39 is 5.60 Å². The topological polar surface area (TPSA) is 64.8 Å². The quantitative estimate of drug-likeness (QED) is 0.837. The first kappa shape index (κ1) is 15.2. The van der Waals surface area contributed by atoms with Crippen LogP contribution in [0.15, 0.2) is 0 Å². The highest BCUT2D eigenvalue weighted by Crippen LogP contribution is 2.17. The summed E-state index contributed by atoms with van der Waals surface area (Å²) < 4.78 is 10.8. The molecule has 0 aromatic carbocycles. The van der Waals surface area contributed by atoms with Crippen LogP contribution in [0.2, 0.25) is 0 Å². The summed E-state index contributed by atoms with van der Waals surface area (Å²) in [7, 11) is 0. The molecule has 1 saturated heterocycles. The summed E-state index contributed by atoms with van der Waals surface area (Å²) in [5.74, 6) is 0. The van der Waals surface area contributed by atoms with Gasteiger partial charge in [0.1, 0.15) is 5.60 Å². The number of carbonyl (C=O) groups excluding carboxylic acids is 1. The minimum absolute atomic E-state index is 0.0830. The Labute approximate surface area is 110 Å². The molecular weight excluding hydrogens is 232 g/mol. The Kier molecular flexibility index (Phi) is 5.41. The highest BCUT2D eigenvalue weighted by molar-refractivity contribution is 5.68. The SMILES string of the molecule is CC(N)CCC1COCCN1C(=O)OC(C)(C)C. The molecule has 5 nitrogen and oxygen atoms in total. The van der Waals surface area contributed by atoms with E-state index in [1.165, 1.54) is 0 Å². The third-order valence-corrected chi connectivity index (χ3v) is 2.81. The van der Waals surface area contributed by atoms with Gasteiger partial charge in [0.2, 0.25) is 0 Å². The van der Waals surface area contributed by atoms with Gasteiger partial charge in [0, 0.05) is 12.6 Å². The molecule has 0 saturated carbocycles. The van der Waals surface area contributed by atoms with Gasteiger partial charge >= 0.3 is 6.09 Å². The molecule has 2 unspecified atom stereocenters. The van der Waals surface area contributed by atoms with E-state index in [-0.39, 0.29) is 18.2 Å². The second kappa shape index (κ2) is 6.38. The van der Waals surface area contributed by atoms with Crippen molar-refractivity contribution >= 4 is 6.09 Å². The van der Waals surface area contributed by atoms with E-state index in [0.29, 0.717) is 19.8 Å². The van der Waals surface area contributed by atoms with Crippen molar-refractivity contribution in [2.75, 3.05) is 19.8 Å². The summed E-state index contributed by atoms with van der Waals surface area (Å²) in [6, 6.07) is 0.229. The number of rotatable bonds is 3. The van der Waals surface area contributed by atoms with E-state index >= 15 is 0 Å². The average Bonchev–Trinajstić information content (AvgIpc) is 2.24. The second-order valence-corrected chi connectivity index (χ2v) is 5.96. The summed E-state index contributed by atoms with van der Waals surface area (Å²) in [5, 5.41) is 0. The summed E-state index contributed by atoms with van der Waals surface area (Å²) in [4.78, 5) is 13.9. The standard InChI is InChI=1S/C13H26N2O3/c1-10(14)5-6-11-9-17-8-7-15(11)12(16)18-13(2,3)4/h10-11H,5-9,14H2,1-4H3. The van der Waals surface area contributed by atoms with Gasteiger partial charge in [-0.25, -0.2) is 4.79 Å². The van der Waals surface area contributed by atoms with E-state index in [1.807, 2.05) is 27.7 Å². The Morgan fingerprint density at radius 1 is 1.56 bits per heavy atom. The van der Waals surface area contributed by atoms with E-state index in [2.05, 4.69) is 0 Å². The minimum Gasteiger partial charge on any atom is -0.444 e.